The van der Waals surface area contributed by atoms with Crippen LogP contribution in [0.3, 0.4) is 0 Å². The van der Waals surface area contributed by atoms with E-state index in [-0.39, 0.29) is 17.5 Å². The number of amides is 2. The summed E-state index contributed by atoms with van der Waals surface area (Å²) < 4.78 is 10.5. The first kappa shape index (κ1) is 18.7. The van der Waals surface area contributed by atoms with Crippen LogP contribution in [0.25, 0.3) is 6.08 Å². The lowest BCUT2D eigenvalue weighted by Crippen LogP contribution is -2.44. The summed E-state index contributed by atoms with van der Waals surface area (Å²) >= 11 is 0. The lowest BCUT2D eigenvalue weighted by Gasteiger charge is -2.27. The van der Waals surface area contributed by atoms with E-state index in [1.807, 2.05) is 30.3 Å². The van der Waals surface area contributed by atoms with Gasteiger partial charge >= 0.3 is 0 Å². The monoisotopic (exact) mass is 366 g/mol. The second-order valence-electron chi connectivity index (χ2n) is 6.06. The molecule has 1 aliphatic rings. The minimum atomic E-state index is -0.322. The molecule has 0 aliphatic carbocycles. The van der Waals surface area contributed by atoms with E-state index in [4.69, 9.17) is 9.47 Å². The van der Waals surface area contributed by atoms with Crippen LogP contribution in [0.1, 0.15) is 15.9 Å². The van der Waals surface area contributed by atoms with Gasteiger partial charge in [0.2, 0.25) is 0 Å². The highest BCUT2D eigenvalue weighted by Gasteiger charge is 2.22. The van der Waals surface area contributed by atoms with Gasteiger partial charge in [0, 0.05) is 18.7 Å². The molecular weight excluding hydrogens is 344 g/mol. The molecule has 0 saturated carbocycles. The van der Waals surface area contributed by atoms with Crippen LogP contribution in [0.15, 0.2) is 60.3 Å². The maximum absolute atomic E-state index is 13.0. The van der Waals surface area contributed by atoms with Crippen LogP contribution in [0.4, 0.5) is 0 Å². The molecule has 1 heterocycles. The molecule has 140 valence electrons. The predicted octanol–water partition coefficient (Wildman–Crippen LogP) is 2.32. The summed E-state index contributed by atoms with van der Waals surface area (Å²) in [5.41, 5.74) is 1.52. The molecule has 2 aromatic carbocycles. The van der Waals surface area contributed by atoms with Crippen molar-refractivity contribution in [1.29, 1.82) is 0 Å². The van der Waals surface area contributed by atoms with E-state index < -0.39 is 0 Å². The Bertz CT molecular complexity index is 810. The summed E-state index contributed by atoms with van der Waals surface area (Å²) in [6, 6.07) is 16.1. The predicted molar refractivity (Wildman–Crippen MR) is 102 cm³/mol. The van der Waals surface area contributed by atoms with Crippen molar-refractivity contribution in [3.8, 4) is 5.75 Å². The van der Waals surface area contributed by atoms with Gasteiger partial charge in [-0.2, -0.15) is 0 Å². The summed E-state index contributed by atoms with van der Waals surface area (Å²) in [5.74, 6) is 0.178. The Morgan fingerprint density at radius 2 is 1.70 bits per heavy atom. The first-order valence-electron chi connectivity index (χ1n) is 8.76. The Morgan fingerprint density at radius 1 is 1.04 bits per heavy atom. The maximum Gasteiger partial charge on any atom is 0.270 e. The highest BCUT2D eigenvalue weighted by Crippen LogP contribution is 2.15. The number of ether oxygens (including phenoxy) is 2. The summed E-state index contributed by atoms with van der Waals surface area (Å²) in [7, 11) is 1.60. The number of morpholine rings is 1. The molecule has 6 nitrogen and oxygen atoms in total. The topological polar surface area (TPSA) is 67.9 Å². The fourth-order valence-corrected chi connectivity index (χ4v) is 2.74. The summed E-state index contributed by atoms with van der Waals surface area (Å²) in [6.07, 6.45) is 1.68. The number of nitrogens with one attached hydrogen (secondary N) is 1. The molecule has 0 bridgehead atoms. The molecule has 2 amide bonds. The van der Waals surface area contributed by atoms with Crippen LogP contribution in [-0.4, -0.2) is 50.1 Å². The summed E-state index contributed by atoms with van der Waals surface area (Å²) in [5, 5.41) is 2.77. The van der Waals surface area contributed by atoms with E-state index in [0.29, 0.717) is 31.9 Å². The molecule has 1 N–H and O–H groups in total. The molecule has 0 radical (unpaired) electrons. The van der Waals surface area contributed by atoms with Crippen molar-refractivity contribution in [2.24, 2.45) is 0 Å². The largest absolute Gasteiger partial charge is 0.497 e. The smallest absolute Gasteiger partial charge is 0.270 e. The zero-order chi connectivity index (χ0) is 19.1. The molecule has 3 rings (SSSR count). The molecule has 0 aromatic heterocycles. The molecule has 2 aromatic rings. The van der Waals surface area contributed by atoms with Gasteiger partial charge in [0.05, 0.1) is 20.3 Å². The highest BCUT2D eigenvalue weighted by atomic mass is 16.5. The van der Waals surface area contributed by atoms with Crippen LogP contribution in [0, 0.1) is 0 Å². The van der Waals surface area contributed by atoms with Gasteiger partial charge in [0.1, 0.15) is 11.4 Å². The van der Waals surface area contributed by atoms with E-state index in [1.54, 1.807) is 42.4 Å². The van der Waals surface area contributed by atoms with E-state index in [2.05, 4.69) is 5.32 Å². The van der Waals surface area contributed by atoms with Crippen molar-refractivity contribution in [3.05, 3.63) is 71.4 Å². The van der Waals surface area contributed by atoms with Gasteiger partial charge in [-0.15, -0.1) is 0 Å². The second-order valence-corrected chi connectivity index (χ2v) is 6.06. The molecule has 1 aliphatic heterocycles. The Kier molecular flexibility index (Phi) is 6.22. The molecule has 1 fully saturated rings. The number of carbonyl (C=O) groups excluding carboxylic acids is 2. The molecular formula is C21H22N2O4. The van der Waals surface area contributed by atoms with Crippen LogP contribution in [0.5, 0.6) is 5.75 Å². The quantitative estimate of drug-likeness (QED) is 0.825. The molecule has 1 saturated heterocycles. The van der Waals surface area contributed by atoms with Crippen LogP contribution in [0.2, 0.25) is 0 Å². The highest BCUT2D eigenvalue weighted by molar-refractivity contribution is 6.05. The number of methoxy groups -OCH3 is 1. The van der Waals surface area contributed by atoms with Crippen molar-refractivity contribution in [2.75, 3.05) is 33.4 Å². The first-order chi connectivity index (χ1) is 13.2. The number of hydrogen-bond donors (Lipinski definition) is 1. The third-order valence-electron chi connectivity index (χ3n) is 4.24. The minimum Gasteiger partial charge on any atom is -0.497 e. The summed E-state index contributed by atoms with van der Waals surface area (Å²) in [4.78, 5) is 27.2. The van der Waals surface area contributed by atoms with E-state index in [0.717, 1.165) is 11.3 Å². The molecule has 0 spiro atoms. The molecule has 0 unspecified atom stereocenters. The van der Waals surface area contributed by atoms with Crippen LogP contribution >= 0.6 is 0 Å². The van der Waals surface area contributed by atoms with Gasteiger partial charge in [0.25, 0.3) is 11.8 Å². The normalized spacial score (nSPS) is 14.6. The zero-order valence-corrected chi connectivity index (χ0v) is 15.2. The van der Waals surface area contributed by atoms with Gasteiger partial charge in [0.15, 0.2) is 0 Å². The van der Waals surface area contributed by atoms with Crippen LogP contribution < -0.4 is 10.1 Å². The fraction of sp³-hybridized carbons (Fsp3) is 0.238. The van der Waals surface area contributed by atoms with Gasteiger partial charge in [-0.05, 0) is 35.9 Å². The molecule has 0 atom stereocenters. The first-order valence-corrected chi connectivity index (χ1v) is 8.76. The standard InChI is InChI=1S/C21H22N2O4/c1-26-18-9-7-16(8-10-18)15-19(21(25)23-11-13-27-14-12-23)22-20(24)17-5-3-2-4-6-17/h2-10,15H,11-14H2,1H3,(H,22,24). The van der Waals surface area contributed by atoms with Crippen molar-refractivity contribution in [2.45, 2.75) is 0 Å². The number of carbonyl (C=O) groups is 2. The number of nitrogens with zero attached hydrogens (tertiary/aromatic N) is 1. The SMILES string of the molecule is COc1ccc(C=C(NC(=O)c2ccccc2)C(=O)N2CCOCC2)cc1. The lowest BCUT2D eigenvalue weighted by molar-refractivity contribution is -0.131. The zero-order valence-electron chi connectivity index (χ0n) is 15.2. The van der Waals surface area contributed by atoms with Gasteiger partial charge in [-0.3, -0.25) is 9.59 Å². The third-order valence-corrected chi connectivity index (χ3v) is 4.24. The third kappa shape index (κ3) is 4.95. The Morgan fingerprint density at radius 3 is 2.33 bits per heavy atom. The van der Waals surface area contributed by atoms with Crippen molar-refractivity contribution in [1.82, 2.24) is 10.2 Å². The molecule has 6 heteroatoms. The summed E-state index contributed by atoms with van der Waals surface area (Å²) in [6.45, 7) is 1.99. The average molecular weight is 366 g/mol. The van der Waals surface area contributed by atoms with E-state index >= 15 is 0 Å². The average Bonchev–Trinajstić information content (AvgIpc) is 2.74. The van der Waals surface area contributed by atoms with Gasteiger partial charge in [-0.1, -0.05) is 30.3 Å². The van der Waals surface area contributed by atoms with Crippen molar-refractivity contribution >= 4 is 17.9 Å². The Balaban J connectivity index is 1.86. The number of hydrogen-bond acceptors (Lipinski definition) is 4. The van der Waals surface area contributed by atoms with Gasteiger partial charge in [-0.25, -0.2) is 0 Å². The fourth-order valence-electron chi connectivity index (χ4n) is 2.74. The van der Waals surface area contributed by atoms with Crippen LogP contribution in [-0.2, 0) is 9.53 Å². The van der Waals surface area contributed by atoms with E-state index in [9.17, 15) is 9.59 Å². The molecule has 27 heavy (non-hydrogen) atoms. The second kappa shape index (κ2) is 9.00. The Hall–Kier alpha value is -3.12. The Labute approximate surface area is 158 Å². The lowest BCUT2D eigenvalue weighted by atomic mass is 10.1. The number of benzene rings is 2. The van der Waals surface area contributed by atoms with Crippen molar-refractivity contribution in [3.63, 3.8) is 0 Å². The van der Waals surface area contributed by atoms with Crippen molar-refractivity contribution < 1.29 is 19.1 Å². The van der Waals surface area contributed by atoms with E-state index in [1.165, 1.54) is 0 Å². The number of rotatable bonds is 5. The minimum absolute atomic E-state index is 0.224. The maximum atomic E-state index is 13.0. The van der Waals surface area contributed by atoms with Gasteiger partial charge < -0.3 is 19.7 Å².